The third-order valence-corrected chi connectivity index (χ3v) is 4.46. The van der Waals surface area contributed by atoms with Gasteiger partial charge in [0.25, 0.3) is 0 Å². The van der Waals surface area contributed by atoms with Crippen LogP contribution in [0.2, 0.25) is 0 Å². The molecule has 2 aromatic rings. The summed E-state index contributed by atoms with van der Waals surface area (Å²) in [5.41, 5.74) is -0.951. The molecule has 0 unspecified atom stereocenters. The number of nitrogens with one attached hydrogen (secondary N) is 1. The van der Waals surface area contributed by atoms with Gasteiger partial charge in [0.2, 0.25) is 10.0 Å². The van der Waals surface area contributed by atoms with Crippen LogP contribution >= 0.6 is 0 Å². The summed E-state index contributed by atoms with van der Waals surface area (Å²) < 4.78 is 77.8. The number of hydrogen-bond acceptors (Lipinski definition) is 3. The summed E-state index contributed by atoms with van der Waals surface area (Å²) in [6, 6.07) is 6.48. The molecule has 9 heteroatoms. The summed E-state index contributed by atoms with van der Waals surface area (Å²) >= 11 is 0. The summed E-state index contributed by atoms with van der Waals surface area (Å²) in [4.78, 5) is 2.97. The third-order valence-electron chi connectivity index (χ3n) is 2.94. The number of sulfonamides is 1. The molecule has 1 heterocycles. The van der Waals surface area contributed by atoms with Gasteiger partial charge in [0.1, 0.15) is 5.82 Å². The quantitative estimate of drug-likeness (QED) is 0.846. The summed E-state index contributed by atoms with van der Waals surface area (Å²) in [7, 11) is -4.43. The molecule has 0 fully saturated rings. The van der Waals surface area contributed by atoms with Crippen LogP contribution in [0.1, 0.15) is 11.3 Å². The van der Waals surface area contributed by atoms with E-state index >= 15 is 0 Å². The van der Waals surface area contributed by atoms with Gasteiger partial charge in [-0.3, -0.25) is 4.98 Å². The van der Waals surface area contributed by atoms with E-state index in [1.807, 2.05) is 0 Å². The topological polar surface area (TPSA) is 59.1 Å². The lowest BCUT2D eigenvalue weighted by Crippen LogP contribution is -2.28. The fourth-order valence-corrected chi connectivity index (χ4v) is 3.13. The van der Waals surface area contributed by atoms with Crippen molar-refractivity contribution >= 4 is 10.0 Å². The summed E-state index contributed by atoms with van der Waals surface area (Å²) in [5, 5.41) is 0. The van der Waals surface area contributed by atoms with Crippen LogP contribution in [0.25, 0.3) is 0 Å². The van der Waals surface area contributed by atoms with Gasteiger partial charge in [-0.15, -0.1) is 0 Å². The molecule has 2 rings (SSSR count). The van der Waals surface area contributed by atoms with Crippen LogP contribution in [0.3, 0.4) is 0 Å². The van der Waals surface area contributed by atoms with Crippen molar-refractivity contribution in [2.45, 2.75) is 17.5 Å². The van der Waals surface area contributed by atoms with Crippen molar-refractivity contribution in [3.8, 4) is 0 Å². The van der Waals surface area contributed by atoms with Gasteiger partial charge in [0.15, 0.2) is 0 Å². The average molecular weight is 348 g/mol. The van der Waals surface area contributed by atoms with Crippen molar-refractivity contribution in [2.75, 3.05) is 6.54 Å². The number of benzene rings is 1. The number of pyridine rings is 1. The molecule has 0 saturated carbocycles. The van der Waals surface area contributed by atoms with E-state index in [1.54, 1.807) is 18.2 Å². The Morgan fingerprint density at radius 2 is 1.87 bits per heavy atom. The number of halogens is 4. The first-order valence-corrected chi connectivity index (χ1v) is 7.95. The van der Waals surface area contributed by atoms with Crippen LogP contribution in [-0.2, 0) is 22.6 Å². The van der Waals surface area contributed by atoms with Crippen LogP contribution in [0.15, 0.2) is 47.5 Å². The molecular formula is C14H12F4N2O2S. The zero-order valence-corrected chi connectivity index (χ0v) is 12.5. The van der Waals surface area contributed by atoms with Gasteiger partial charge < -0.3 is 0 Å². The van der Waals surface area contributed by atoms with Crippen LogP contribution in [0.5, 0.6) is 0 Å². The molecule has 0 amide bonds. The minimum atomic E-state index is -4.98. The van der Waals surface area contributed by atoms with Gasteiger partial charge in [-0.2, -0.15) is 13.2 Å². The van der Waals surface area contributed by atoms with E-state index in [0.717, 1.165) is 0 Å². The highest BCUT2D eigenvalue weighted by Gasteiger charge is 2.37. The average Bonchev–Trinajstić information content (AvgIpc) is 2.47. The Morgan fingerprint density at radius 1 is 1.13 bits per heavy atom. The van der Waals surface area contributed by atoms with Crippen LogP contribution in [-0.4, -0.2) is 19.9 Å². The monoisotopic (exact) mass is 348 g/mol. The Balaban J connectivity index is 2.20. The van der Waals surface area contributed by atoms with Crippen molar-refractivity contribution in [2.24, 2.45) is 0 Å². The highest BCUT2D eigenvalue weighted by molar-refractivity contribution is 7.89. The van der Waals surface area contributed by atoms with Crippen LogP contribution in [0.4, 0.5) is 17.6 Å². The minimum Gasteiger partial charge on any atom is -0.261 e. The van der Waals surface area contributed by atoms with Crippen molar-refractivity contribution in [1.82, 2.24) is 9.71 Å². The normalized spacial score (nSPS) is 12.3. The third kappa shape index (κ3) is 4.49. The van der Waals surface area contributed by atoms with Gasteiger partial charge >= 0.3 is 6.18 Å². The molecular weight excluding hydrogens is 336 g/mol. The SMILES string of the molecule is O=S(=O)(NCCc1ccccn1)c1ccc(F)cc1C(F)(F)F. The number of rotatable bonds is 5. The number of alkyl halides is 3. The molecule has 0 bridgehead atoms. The van der Waals surface area contributed by atoms with Crippen molar-refractivity contribution in [1.29, 1.82) is 0 Å². The fraction of sp³-hybridized carbons (Fsp3) is 0.214. The maximum Gasteiger partial charge on any atom is 0.417 e. The van der Waals surface area contributed by atoms with E-state index in [9.17, 15) is 26.0 Å². The van der Waals surface area contributed by atoms with Gasteiger partial charge in [-0.25, -0.2) is 17.5 Å². The molecule has 1 N–H and O–H groups in total. The maximum atomic E-state index is 13.0. The molecule has 1 aromatic carbocycles. The van der Waals surface area contributed by atoms with E-state index in [1.165, 1.54) is 6.20 Å². The number of aromatic nitrogens is 1. The van der Waals surface area contributed by atoms with E-state index < -0.39 is 32.5 Å². The van der Waals surface area contributed by atoms with E-state index in [-0.39, 0.29) is 19.0 Å². The van der Waals surface area contributed by atoms with E-state index in [2.05, 4.69) is 9.71 Å². The first kappa shape index (κ1) is 17.4. The Labute approximate surface area is 130 Å². The van der Waals surface area contributed by atoms with Gasteiger partial charge in [-0.05, 0) is 30.3 Å². The molecule has 0 spiro atoms. The molecule has 0 aliphatic rings. The Morgan fingerprint density at radius 3 is 2.48 bits per heavy atom. The van der Waals surface area contributed by atoms with E-state index in [0.29, 0.717) is 17.8 Å². The van der Waals surface area contributed by atoms with Crippen molar-refractivity contribution in [3.05, 3.63) is 59.7 Å². The van der Waals surface area contributed by atoms with E-state index in [4.69, 9.17) is 0 Å². The molecule has 0 aliphatic heterocycles. The molecule has 0 saturated heterocycles. The second-order valence-electron chi connectivity index (χ2n) is 4.61. The van der Waals surface area contributed by atoms with Crippen LogP contribution < -0.4 is 4.72 Å². The molecule has 0 atom stereocenters. The first-order chi connectivity index (χ1) is 10.7. The molecule has 23 heavy (non-hydrogen) atoms. The number of nitrogens with zero attached hydrogens (tertiary/aromatic N) is 1. The van der Waals surface area contributed by atoms with Crippen molar-refractivity contribution < 1.29 is 26.0 Å². The zero-order valence-electron chi connectivity index (χ0n) is 11.6. The largest absolute Gasteiger partial charge is 0.417 e. The summed E-state index contributed by atoms with van der Waals surface area (Å²) in [6.45, 7) is -0.131. The highest BCUT2D eigenvalue weighted by Crippen LogP contribution is 2.34. The summed E-state index contributed by atoms with van der Waals surface area (Å²) in [5.74, 6) is -1.16. The second kappa shape index (κ2) is 6.63. The molecule has 124 valence electrons. The van der Waals surface area contributed by atoms with Gasteiger partial charge in [0, 0.05) is 24.9 Å². The molecule has 1 aromatic heterocycles. The zero-order chi connectivity index (χ0) is 17.1. The Hall–Kier alpha value is -2.00. The molecule has 0 radical (unpaired) electrons. The summed E-state index contributed by atoms with van der Waals surface area (Å²) in [6.07, 6.45) is -3.25. The highest BCUT2D eigenvalue weighted by atomic mass is 32.2. The lowest BCUT2D eigenvalue weighted by molar-refractivity contribution is -0.140. The first-order valence-electron chi connectivity index (χ1n) is 6.46. The Kier molecular flexibility index (Phi) is 5.00. The minimum absolute atomic E-state index is 0.131. The fourth-order valence-electron chi connectivity index (χ4n) is 1.90. The predicted molar refractivity (Wildman–Crippen MR) is 74.5 cm³/mol. The smallest absolute Gasteiger partial charge is 0.261 e. The lowest BCUT2D eigenvalue weighted by atomic mass is 10.2. The maximum absolute atomic E-state index is 13.0. The van der Waals surface area contributed by atoms with Crippen molar-refractivity contribution in [3.63, 3.8) is 0 Å². The molecule has 0 aliphatic carbocycles. The van der Waals surface area contributed by atoms with Gasteiger partial charge in [0.05, 0.1) is 10.5 Å². The second-order valence-corrected chi connectivity index (χ2v) is 6.34. The molecule has 4 nitrogen and oxygen atoms in total. The predicted octanol–water partition coefficient (Wildman–Crippen LogP) is 2.76. The van der Waals surface area contributed by atoms with Crippen LogP contribution in [0, 0.1) is 5.82 Å². The lowest BCUT2D eigenvalue weighted by Gasteiger charge is -2.14. The number of hydrogen-bond donors (Lipinski definition) is 1. The van der Waals surface area contributed by atoms with Gasteiger partial charge in [-0.1, -0.05) is 6.07 Å². The standard InChI is InChI=1S/C14H12F4N2O2S/c15-10-4-5-13(12(9-10)14(16,17)18)23(21,22)20-8-6-11-3-1-2-7-19-11/h1-5,7,9,20H,6,8H2. The Bertz CT molecular complexity index is 777.